The van der Waals surface area contributed by atoms with Crippen LogP contribution in [-0.4, -0.2) is 79.7 Å². The highest BCUT2D eigenvalue weighted by atomic mass is 35.5. The van der Waals surface area contributed by atoms with Crippen molar-refractivity contribution in [1.29, 1.82) is 0 Å². The Labute approximate surface area is 253 Å². The third-order valence-electron chi connectivity index (χ3n) is 8.57. The molecule has 2 unspecified atom stereocenters. The highest BCUT2D eigenvalue weighted by Gasteiger charge is 2.48. The normalized spacial score (nSPS) is 24.3. The molecule has 0 spiro atoms. The Morgan fingerprint density at radius 3 is 2.74 bits per heavy atom. The van der Waals surface area contributed by atoms with Gasteiger partial charge in [0.05, 0.1) is 30.8 Å². The first-order valence-corrected chi connectivity index (χ1v) is 16.6. The SMILES string of the molecule is CC1(S(=O)(=O)n2ccc3c(-c4cnc(C5(O)COC5)s4)ccnc32)C=C(Cl)C=CC1c1cnn(CCN2CCCC2)c1. The van der Waals surface area contributed by atoms with Gasteiger partial charge in [-0.2, -0.15) is 5.10 Å². The molecular formula is C29H31ClN6O4S2. The number of hydrogen-bond acceptors (Lipinski definition) is 9. The molecule has 2 atom stereocenters. The first-order chi connectivity index (χ1) is 20.2. The zero-order chi connectivity index (χ0) is 29.1. The molecule has 0 aromatic carbocycles. The molecule has 0 amide bonds. The van der Waals surface area contributed by atoms with Crippen molar-refractivity contribution in [3.8, 4) is 10.4 Å². The van der Waals surface area contributed by atoms with Crippen LogP contribution in [0, 0.1) is 0 Å². The van der Waals surface area contributed by atoms with Crippen molar-refractivity contribution >= 4 is 44.0 Å². The van der Waals surface area contributed by atoms with Crippen molar-refractivity contribution in [2.24, 2.45) is 0 Å². The second kappa shape index (κ2) is 10.4. The third-order valence-corrected chi connectivity index (χ3v) is 12.3. The van der Waals surface area contributed by atoms with Gasteiger partial charge in [-0.15, -0.1) is 11.3 Å². The fourth-order valence-electron chi connectivity index (χ4n) is 6.05. The Kier molecular flexibility index (Phi) is 6.91. The Hall–Kier alpha value is -2.87. The van der Waals surface area contributed by atoms with E-state index < -0.39 is 26.3 Å². The summed E-state index contributed by atoms with van der Waals surface area (Å²) in [5.41, 5.74) is 0.836. The summed E-state index contributed by atoms with van der Waals surface area (Å²) >= 11 is 7.82. The van der Waals surface area contributed by atoms with Gasteiger partial charge < -0.3 is 14.7 Å². The number of fused-ring (bicyclic) bond motifs is 1. The maximum Gasteiger partial charge on any atom is 0.250 e. The summed E-state index contributed by atoms with van der Waals surface area (Å²) in [6.45, 7) is 6.01. The first-order valence-electron chi connectivity index (χ1n) is 14.0. The van der Waals surface area contributed by atoms with Crippen LogP contribution in [0.15, 0.2) is 66.4 Å². The van der Waals surface area contributed by atoms with Gasteiger partial charge in [0.25, 0.3) is 0 Å². The topological polar surface area (TPSA) is 115 Å². The fraction of sp³-hybridized carbons (Fsp3) is 0.414. The summed E-state index contributed by atoms with van der Waals surface area (Å²) < 4.78 is 36.0. The number of hydrogen-bond donors (Lipinski definition) is 1. The lowest BCUT2D eigenvalue weighted by Crippen LogP contribution is -2.46. The second-order valence-electron chi connectivity index (χ2n) is 11.4. The van der Waals surface area contributed by atoms with Gasteiger partial charge in [-0.3, -0.25) is 4.68 Å². The van der Waals surface area contributed by atoms with Crippen LogP contribution < -0.4 is 0 Å². The number of pyridine rings is 1. The van der Waals surface area contributed by atoms with Crippen LogP contribution in [-0.2, 0) is 26.9 Å². The van der Waals surface area contributed by atoms with E-state index in [4.69, 9.17) is 16.3 Å². The van der Waals surface area contributed by atoms with Crippen molar-refractivity contribution in [1.82, 2.24) is 28.6 Å². The van der Waals surface area contributed by atoms with Crippen molar-refractivity contribution in [3.05, 3.63) is 76.9 Å². The highest BCUT2D eigenvalue weighted by molar-refractivity contribution is 7.91. The number of nitrogens with zero attached hydrogens (tertiary/aromatic N) is 6. The monoisotopic (exact) mass is 626 g/mol. The summed E-state index contributed by atoms with van der Waals surface area (Å²) in [7, 11) is -4.07. The number of aromatic nitrogens is 5. The van der Waals surface area contributed by atoms with Gasteiger partial charge in [-0.05, 0) is 62.7 Å². The molecule has 1 aliphatic carbocycles. The van der Waals surface area contributed by atoms with Crippen molar-refractivity contribution < 1.29 is 18.3 Å². The number of halogens is 1. The molecule has 0 bridgehead atoms. The van der Waals surface area contributed by atoms with Gasteiger partial charge in [0.1, 0.15) is 9.75 Å². The average molecular weight is 627 g/mol. The quantitative estimate of drug-likeness (QED) is 0.311. The number of thiazole rings is 1. The van der Waals surface area contributed by atoms with E-state index in [0.29, 0.717) is 21.1 Å². The number of ether oxygens (including phenoxy) is 1. The van der Waals surface area contributed by atoms with Crippen LogP contribution in [0.25, 0.3) is 21.5 Å². The molecule has 42 heavy (non-hydrogen) atoms. The van der Waals surface area contributed by atoms with E-state index in [1.165, 1.54) is 28.2 Å². The zero-order valence-corrected chi connectivity index (χ0v) is 25.4. The predicted octanol–water partition coefficient (Wildman–Crippen LogP) is 4.08. The molecule has 2 aliphatic heterocycles. The molecule has 13 heteroatoms. The second-order valence-corrected chi connectivity index (χ2v) is 15.1. The number of allylic oxidation sites excluding steroid dienone is 3. The largest absolute Gasteiger partial charge is 0.378 e. The summed E-state index contributed by atoms with van der Waals surface area (Å²) in [4.78, 5) is 12.1. The van der Waals surface area contributed by atoms with Crippen molar-refractivity contribution in [2.75, 3.05) is 32.8 Å². The van der Waals surface area contributed by atoms with E-state index in [0.717, 1.165) is 42.2 Å². The lowest BCUT2D eigenvalue weighted by atomic mass is 9.85. The molecule has 7 rings (SSSR count). The lowest BCUT2D eigenvalue weighted by molar-refractivity contribution is -0.184. The minimum atomic E-state index is -4.07. The maximum atomic E-state index is 14.5. The average Bonchev–Trinajstić information content (AvgIpc) is 3.77. The van der Waals surface area contributed by atoms with Crippen LogP contribution in [0.4, 0.5) is 0 Å². The zero-order valence-electron chi connectivity index (χ0n) is 23.1. The van der Waals surface area contributed by atoms with Gasteiger partial charge in [-0.25, -0.2) is 22.4 Å². The molecule has 2 saturated heterocycles. The van der Waals surface area contributed by atoms with Crippen LogP contribution in [0.5, 0.6) is 0 Å². The van der Waals surface area contributed by atoms with E-state index in [1.807, 2.05) is 23.0 Å². The van der Waals surface area contributed by atoms with Crippen LogP contribution >= 0.6 is 22.9 Å². The number of rotatable bonds is 8. The van der Waals surface area contributed by atoms with E-state index in [9.17, 15) is 13.5 Å². The van der Waals surface area contributed by atoms with Gasteiger partial charge in [0.15, 0.2) is 11.2 Å². The van der Waals surface area contributed by atoms with Crippen LogP contribution in [0.3, 0.4) is 0 Å². The summed E-state index contributed by atoms with van der Waals surface area (Å²) in [5, 5.41) is 16.8. The molecule has 220 valence electrons. The number of aliphatic hydroxyl groups is 1. The minimum Gasteiger partial charge on any atom is -0.378 e. The first kappa shape index (κ1) is 27.9. The highest BCUT2D eigenvalue weighted by Crippen LogP contribution is 2.44. The number of likely N-dealkylation sites (tertiary alicyclic amines) is 1. The molecular weight excluding hydrogens is 596 g/mol. The molecule has 0 radical (unpaired) electrons. The maximum absolute atomic E-state index is 14.5. The van der Waals surface area contributed by atoms with E-state index in [-0.39, 0.29) is 13.2 Å². The van der Waals surface area contributed by atoms with Gasteiger partial charge in [-0.1, -0.05) is 17.7 Å². The molecule has 4 aromatic heterocycles. The summed E-state index contributed by atoms with van der Waals surface area (Å²) in [6.07, 6.45) is 16.2. The molecule has 2 fully saturated rings. The molecule has 6 heterocycles. The Bertz CT molecular complexity index is 1820. The third kappa shape index (κ3) is 4.56. The Morgan fingerprint density at radius 2 is 1.98 bits per heavy atom. The van der Waals surface area contributed by atoms with E-state index >= 15 is 0 Å². The fourth-order valence-corrected chi connectivity index (χ4v) is 9.26. The Morgan fingerprint density at radius 1 is 1.17 bits per heavy atom. The van der Waals surface area contributed by atoms with Gasteiger partial charge in [0, 0.05) is 53.2 Å². The van der Waals surface area contributed by atoms with Crippen molar-refractivity contribution in [2.45, 2.75) is 42.6 Å². The molecule has 3 aliphatic rings. The molecule has 10 nitrogen and oxygen atoms in total. The van der Waals surface area contributed by atoms with Crippen molar-refractivity contribution in [3.63, 3.8) is 0 Å². The van der Waals surface area contributed by atoms with E-state index in [2.05, 4.69) is 20.0 Å². The molecule has 0 saturated carbocycles. The smallest absolute Gasteiger partial charge is 0.250 e. The van der Waals surface area contributed by atoms with Gasteiger partial charge >= 0.3 is 0 Å². The van der Waals surface area contributed by atoms with E-state index in [1.54, 1.807) is 49.9 Å². The summed E-state index contributed by atoms with van der Waals surface area (Å²) in [5.74, 6) is -0.513. The van der Waals surface area contributed by atoms with Crippen LogP contribution in [0.1, 0.15) is 36.3 Å². The predicted molar refractivity (Wildman–Crippen MR) is 162 cm³/mol. The lowest BCUT2D eigenvalue weighted by Gasteiger charge is -2.35. The van der Waals surface area contributed by atoms with Crippen LogP contribution in [0.2, 0.25) is 0 Å². The van der Waals surface area contributed by atoms with Gasteiger partial charge in [0.2, 0.25) is 10.0 Å². The standard InChI is InChI=1S/C29H31ClN6O4S2/c1-28(14-21(30)4-5-24(28)20-15-33-35(17-20)13-12-34-9-2-3-10-34)42(38,39)36-11-7-23-22(6-8-31-26(23)36)25-16-32-27(41-25)29(37)18-40-19-29/h4-8,11,14-17,24,37H,2-3,9-10,12-13,18-19H2,1H3. The Balaban J connectivity index is 1.23. The molecule has 4 aromatic rings. The molecule has 1 N–H and O–H groups in total. The minimum absolute atomic E-state index is 0.210. The summed E-state index contributed by atoms with van der Waals surface area (Å²) in [6, 6.07) is 3.59.